The fourth-order valence-electron chi connectivity index (χ4n) is 1.63. The van der Waals surface area contributed by atoms with Crippen molar-refractivity contribution in [3.05, 3.63) is 26.6 Å². The van der Waals surface area contributed by atoms with Crippen molar-refractivity contribution in [3.63, 3.8) is 0 Å². The first-order valence-corrected chi connectivity index (χ1v) is 7.96. The Kier molecular flexibility index (Phi) is 7.17. The maximum Gasteiger partial charge on any atom is 0.260 e. The number of hydrogen-bond acceptors (Lipinski definition) is 3. The van der Waals surface area contributed by atoms with E-state index in [-0.39, 0.29) is 24.8 Å². The Balaban J connectivity index is 2.55. The van der Waals surface area contributed by atoms with Crippen molar-refractivity contribution in [2.45, 2.75) is 13.3 Å². The van der Waals surface area contributed by atoms with Gasteiger partial charge in [-0.15, -0.1) is 0 Å². The Hall–Kier alpha value is -1.08. The van der Waals surface area contributed by atoms with E-state index in [1.54, 1.807) is 14.1 Å². The smallest absolute Gasteiger partial charge is 0.260 e. The first-order chi connectivity index (χ1) is 9.85. The number of rotatable bonds is 6. The number of hydrogen-bond donors (Lipinski definition) is 1. The molecule has 1 aromatic rings. The molecule has 0 fully saturated rings. The van der Waals surface area contributed by atoms with Crippen LogP contribution < -0.4 is 10.1 Å². The molecular weight excluding hydrogens is 404 g/mol. The van der Waals surface area contributed by atoms with Crippen molar-refractivity contribution in [1.29, 1.82) is 0 Å². The summed E-state index contributed by atoms with van der Waals surface area (Å²) in [5.41, 5.74) is 0.928. The maximum atomic E-state index is 12.0. The highest BCUT2D eigenvalue weighted by molar-refractivity contribution is 9.11. The summed E-state index contributed by atoms with van der Waals surface area (Å²) in [6.45, 7) is 2.21. The van der Waals surface area contributed by atoms with Crippen LogP contribution in [0, 0.1) is 6.92 Å². The average molecular weight is 422 g/mol. The predicted molar refractivity (Wildman–Crippen MR) is 88.4 cm³/mol. The minimum absolute atomic E-state index is 0.0642. The number of nitrogens with one attached hydrogen (secondary N) is 1. The van der Waals surface area contributed by atoms with Crippen LogP contribution in [0.5, 0.6) is 5.75 Å². The number of likely N-dealkylation sites (N-methyl/N-ethyl adjacent to an activating group) is 1. The van der Waals surface area contributed by atoms with Gasteiger partial charge in [-0.25, -0.2) is 0 Å². The third-order valence-corrected chi connectivity index (χ3v) is 3.96. The summed E-state index contributed by atoms with van der Waals surface area (Å²) >= 11 is 6.80. The van der Waals surface area contributed by atoms with E-state index in [0.29, 0.717) is 12.3 Å². The molecule has 0 saturated heterocycles. The minimum atomic E-state index is -0.173. The van der Waals surface area contributed by atoms with Crippen LogP contribution in [0.1, 0.15) is 12.0 Å². The van der Waals surface area contributed by atoms with Crippen molar-refractivity contribution in [2.24, 2.45) is 0 Å². The van der Waals surface area contributed by atoms with Crippen molar-refractivity contribution in [3.8, 4) is 5.75 Å². The third-order valence-electron chi connectivity index (χ3n) is 2.91. The second-order valence-corrected chi connectivity index (χ2v) is 6.33. The third kappa shape index (κ3) is 5.67. The molecule has 0 aromatic heterocycles. The monoisotopic (exact) mass is 420 g/mol. The first kappa shape index (κ1) is 18.0. The number of carbonyl (C=O) groups excluding carboxylic acids is 2. The van der Waals surface area contributed by atoms with Gasteiger partial charge in [0.15, 0.2) is 6.61 Å². The molecule has 0 aliphatic heterocycles. The number of benzene rings is 1. The van der Waals surface area contributed by atoms with E-state index in [0.717, 1.165) is 14.5 Å². The zero-order valence-corrected chi connectivity index (χ0v) is 15.4. The minimum Gasteiger partial charge on any atom is -0.482 e. The summed E-state index contributed by atoms with van der Waals surface area (Å²) in [5.74, 6) is 0.376. The lowest BCUT2D eigenvalue weighted by molar-refractivity contribution is -0.132. The molecule has 0 saturated carbocycles. The second kappa shape index (κ2) is 8.38. The summed E-state index contributed by atoms with van der Waals surface area (Å²) in [6.07, 6.45) is 0.278. The van der Waals surface area contributed by atoms with E-state index >= 15 is 0 Å². The number of nitrogens with zero attached hydrogens (tertiary/aromatic N) is 1. The quantitative estimate of drug-likeness (QED) is 0.767. The van der Waals surface area contributed by atoms with Crippen LogP contribution >= 0.6 is 31.9 Å². The van der Waals surface area contributed by atoms with E-state index in [1.165, 1.54) is 4.90 Å². The van der Waals surface area contributed by atoms with Gasteiger partial charge in [0.25, 0.3) is 5.91 Å². The fraction of sp³-hybridized carbons (Fsp3) is 0.429. The van der Waals surface area contributed by atoms with Crippen molar-refractivity contribution >= 4 is 43.7 Å². The van der Waals surface area contributed by atoms with Gasteiger partial charge in [-0.3, -0.25) is 9.59 Å². The Morgan fingerprint density at radius 2 is 2.00 bits per heavy atom. The summed E-state index contributed by atoms with van der Waals surface area (Å²) in [4.78, 5) is 24.6. The molecule has 0 bridgehead atoms. The van der Waals surface area contributed by atoms with E-state index in [9.17, 15) is 9.59 Å². The summed E-state index contributed by atoms with van der Waals surface area (Å²) in [6, 6.07) is 3.78. The summed E-state index contributed by atoms with van der Waals surface area (Å²) in [7, 11) is 3.22. The van der Waals surface area contributed by atoms with E-state index < -0.39 is 0 Å². The van der Waals surface area contributed by atoms with Gasteiger partial charge in [0, 0.05) is 31.5 Å². The molecule has 2 amide bonds. The van der Waals surface area contributed by atoms with Crippen LogP contribution in [-0.2, 0) is 9.59 Å². The van der Waals surface area contributed by atoms with Crippen molar-refractivity contribution in [2.75, 3.05) is 27.2 Å². The molecule has 0 aliphatic rings. The Bertz CT molecular complexity index is 512. The molecular formula is C14H18Br2N2O3. The number of ether oxygens (including phenoxy) is 1. The van der Waals surface area contributed by atoms with Crippen LogP contribution in [0.15, 0.2) is 21.1 Å². The van der Waals surface area contributed by atoms with Gasteiger partial charge in [-0.1, -0.05) is 15.9 Å². The van der Waals surface area contributed by atoms with E-state index in [1.807, 2.05) is 19.1 Å². The molecule has 7 heteroatoms. The average Bonchev–Trinajstić information content (AvgIpc) is 2.42. The summed E-state index contributed by atoms with van der Waals surface area (Å²) < 4.78 is 7.30. The predicted octanol–water partition coefficient (Wildman–Crippen LogP) is 2.49. The van der Waals surface area contributed by atoms with Crippen molar-refractivity contribution in [1.82, 2.24) is 10.2 Å². The molecule has 1 rings (SSSR count). The lowest BCUT2D eigenvalue weighted by Gasteiger charge is -2.18. The standard InChI is InChI=1S/C14H18Br2N2O3/c1-9-6-10(15)7-11(16)14(9)21-8-13(20)18(3)5-4-12(19)17-2/h6-7H,4-5,8H2,1-3H3,(H,17,19). The highest BCUT2D eigenvalue weighted by atomic mass is 79.9. The van der Waals surface area contributed by atoms with Gasteiger partial charge in [0.05, 0.1) is 4.47 Å². The lowest BCUT2D eigenvalue weighted by Crippen LogP contribution is -2.34. The molecule has 21 heavy (non-hydrogen) atoms. The van der Waals surface area contributed by atoms with Gasteiger partial charge in [0.1, 0.15) is 5.75 Å². The zero-order valence-electron chi connectivity index (χ0n) is 12.2. The van der Waals surface area contributed by atoms with Gasteiger partial charge in [-0.2, -0.15) is 0 Å². The number of amides is 2. The normalized spacial score (nSPS) is 10.1. The fourth-order valence-corrected chi connectivity index (χ4v) is 3.19. The number of halogens is 2. The molecule has 0 radical (unpaired) electrons. The number of carbonyl (C=O) groups is 2. The molecule has 116 valence electrons. The van der Waals surface area contributed by atoms with Gasteiger partial charge >= 0.3 is 0 Å². The Morgan fingerprint density at radius 3 is 2.57 bits per heavy atom. The van der Waals surface area contributed by atoms with Crippen LogP contribution in [0.3, 0.4) is 0 Å². The van der Waals surface area contributed by atoms with Gasteiger partial charge in [-0.05, 0) is 40.5 Å². The lowest BCUT2D eigenvalue weighted by atomic mass is 10.2. The number of aryl methyl sites for hydroxylation is 1. The molecule has 5 nitrogen and oxygen atoms in total. The van der Waals surface area contributed by atoms with Gasteiger partial charge in [0.2, 0.25) is 5.91 Å². The zero-order chi connectivity index (χ0) is 16.0. The second-order valence-electron chi connectivity index (χ2n) is 4.56. The Labute approximate surface area is 141 Å². The molecule has 1 N–H and O–H groups in total. The van der Waals surface area contributed by atoms with Crippen molar-refractivity contribution < 1.29 is 14.3 Å². The highest BCUT2D eigenvalue weighted by Gasteiger charge is 2.13. The largest absolute Gasteiger partial charge is 0.482 e. The molecule has 0 atom stereocenters. The first-order valence-electron chi connectivity index (χ1n) is 6.38. The Morgan fingerprint density at radius 1 is 1.33 bits per heavy atom. The molecule has 0 aliphatic carbocycles. The SMILES string of the molecule is CNC(=O)CCN(C)C(=O)COc1c(C)cc(Br)cc1Br. The molecule has 1 aromatic carbocycles. The maximum absolute atomic E-state index is 12.0. The summed E-state index contributed by atoms with van der Waals surface area (Å²) in [5, 5.41) is 2.52. The van der Waals surface area contributed by atoms with Gasteiger partial charge < -0.3 is 15.0 Å². The van der Waals surface area contributed by atoms with Crippen LogP contribution in [-0.4, -0.2) is 44.0 Å². The molecule has 0 heterocycles. The topological polar surface area (TPSA) is 58.6 Å². The van der Waals surface area contributed by atoms with E-state index in [4.69, 9.17) is 4.74 Å². The van der Waals surface area contributed by atoms with Crippen LogP contribution in [0.2, 0.25) is 0 Å². The highest BCUT2D eigenvalue weighted by Crippen LogP contribution is 2.32. The van der Waals surface area contributed by atoms with Crippen LogP contribution in [0.25, 0.3) is 0 Å². The molecule has 0 spiro atoms. The van der Waals surface area contributed by atoms with E-state index in [2.05, 4.69) is 37.2 Å². The van der Waals surface area contributed by atoms with Crippen LogP contribution in [0.4, 0.5) is 0 Å². The molecule has 0 unspecified atom stereocenters.